The van der Waals surface area contributed by atoms with Crippen molar-refractivity contribution in [2.24, 2.45) is 0 Å². The molecule has 0 unspecified atom stereocenters. The number of quaternary nitrogens is 1. The minimum Gasteiger partial charge on any atom is -0.481 e. The van der Waals surface area contributed by atoms with E-state index >= 15 is 0 Å². The molecule has 0 aromatic heterocycles. The fourth-order valence-corrected chi connectivity index (χ4v) is 3.84. The van der Waals surface area contributed by atoms with E-state index in [0.29, 0.717) is 25.4 Å². The first-order valence-electron chi connectivity index (χ1n) is 10.5. The van der Waals surface area contributed by atoms with E-state index in [4.69, 9.17) is 4.74 Å². The summed E-state index contributed by atoms with van der Waals surface area (Å²) in [6.45, 7) is 11.0. The summed E-state index contributed by atoms with van der Waals surface area (Å²) in [7, 11) is 0. The van der Waals surface area contributed by atoms with Gasteiger partial charge in [-0.05, 0) is 56.5 Å². The summed E-state index contributed by atoms with van der Waals surface area (Å²) in [5.74, 6) is 0.720. The molecule has 6 heteroatoms. The van der Waals surface area contributed by atoms with Crippen LogP contribution in [-0.4, -0.2) is 55.5 Å². The number of rotatable bonds is 6. The number of carbonyl (C=O) groups excluding carboxylic acids is 2. The van der Waals surface area contributed by atoms with Crippen molar-refractivity contribution in [1.82, 2.24) is 4.90 Å². The van der Waals surface area contributed by atoms with Gasteiger partial charge in [0.1, 0.15) is 5.75 Å². The lowest BCUT2D eigenvalue weighted by Gasteiger charge is -2.33. The summed E-state index contributed by atoms with van der Waals surface area (Å²) in [6, 6.07) is 13.7. The van der Waals surface area contributed by atoms with Crippen LogP contribution in [0.1, 0.15) is 23.6 Å². The summed E-state index contributed by atoms with van der Waals surface area (Å²) >= 11 is 0. The van der Waals surface area contributed by atoms with Crippen LogP contribution in [-0.2, 0) is 9.59 Å². The van der Waals surface area contributed by atoms with Crippen molar-refractivity contribution in [3.05, 3.63) is 59.2 Å². The molecule has 2 aromatic carbocycles. The van der Waals surface area contributed by atoms with Crippen molar-refractivity contribution in [2.45, 2.75) is 33.8 Å². The molecule has 160 valence electrons. The number of nitrogens with zero attached hydrogens (tertiary/aromatic N) is 1. The molecule has 0 aliphatic carbocycles. The molecule has 1 aliphatic heterocycles. The van der Waals surface area contributed by atoms with E-state index < -0.39 is 6.10 Å². The third-order valence-corrected chi connectivity index (χ3v) is 5.59. The zero-order valence-electron chi connectivity index (χ0n) is 18.3. The van der Waals surface area contributed by atoms with Crippen LogP contribution in [0.2, 0.25) is 0 Å². The fourth-order valence-electron chi connectivity index (χ4n) is 3.84. The Morgan fingerprint density at radius 2 is 1.70 bits per heavy atom. The number of ether oxygens (including phenoxy) is 1. The van der Waals surface area contributed by atoms with Crippen LogP contribution in [0.3, 0.4) is 0 Å². The molecule has 0 spiro atoms. The molecule has 2 aromatic rings. The Morgan fingerprint density at radius 1 is 1.07 bits per heavy atom. The zero-order valence-corrected chi connectivity index (χ0v) is 18.3. The van der Waals surface area contributed by atoms with Crippen LogP contribution >= 0.6 is 0 Å². The SMILES string of the molecule is Cc1cccc(O[C@@H](C)C(=O)N2CC[NH+](CC(=O)Nc3c(C)cccc3C)CC2)c1. The molecule has 6 nitrogen and oxygen atoms in total. The highest BCUT2D eigenvalue weighted by Crippen LogP contribution is 2.19. The number of amides is 2. The first-order valence-corrected chi connectivity index (χ1v) is 10.5. The molecule has 0 bridgehead atoms. The predicted molar refractivity (Wildman–Crippen MR) is 118 cm³/mol. The lowest BCUT2D eigenvalue weighted by atomic mass is 10.1. The average Bonchev–Trinajstić information content (AvgIpc) is 2.71. The van der Waals surface area contributed by atoms with E-state index in [1.807, 2.05) is 68.1 Å². The smallest absolute Gasteiger partial charge is 0.279 e. The highest BCUT2D eigenvalue weighted by atomic mass is 16.5. The van der Waals surface area contributed by atoms with Crippen LogP contribution in [0.4, 0.5) is 5.69 Å². The quantitative estimate of drug-likeness (QED) is 0.763. The van der Waals surface area contributed by atoms with Crippen molar-refractivity contribution < 1.29 is 19.2 Å². The lowest BCUT2D eigenvalue weighted by molar-refractivity contribution is -0.895. The van der Waals surface area contributed by atoms with E-state index in [9.17, 15) is 9.59 Å². The minimum absolute atomic E-state index is 0.00413. The van der Waals surface area contributed by atoms with E-state index in [-0.39, 0.29) is 11.8 Å². The number of benzene rings is 2. The average molecular weight is 411 g/mol. The van der Waals surface area contributed by atoms with Gasteiger partial charge in [-0.3, -0.25) is 9.59 Å². The second-order valence-corrected chi connectivity index (χ2v) is 8.14. The number of piperazine rings is 1. The predicted octanol–water partition coefficient (Wildman–Crippen LogP) is 1.74. The standard InChI is InChI=1S/C24H31N3O3/c1-17-7-5-10-21(15-17)30-20(4)24(29)27-13-11-26(12-14-27)16-22(28)25-23-18(2)8-6-9-19(23)3/h5-10,15,20H,11-14,16H2,1-4H3,(H,25,28)/p+1/t20-/m0/s1. The summed E-state index contributed by atoms with van der Waals surface area (Å²) in [5.41, 5.74) is 4.13. The number of carbonyl (C=O) groups is 2. The first-order chi connectivity index (χ1) is 14.3. The monoisotopic (exact) mass is 410 g/mol. The van der Waals surface area contributed by atoms with Gasteiger partial charge in [-0.15, -0.1) is 0 Å². The van der Waals surface area contributed by atoms with E-state index in [1.165, 1.54) is 4.90 Å². The Bertz CT molecular complexity index is 884. The maximum Gasteiger partial charge on any atom is 0.279 e. The highest BCUT2D eigenvalue weighted by Gasteiger charge is 2.29. The van der Waals surface area contributed by atoms with Crippen molar-refractivity contribution in [2.75, 3.05) is 38.0 Å². The number of para-hydroxylation sites is 1. The Kier molecular flexibility index (Phi) is 7.11. The number of hydrogen-bond donors (Lipinski definition) is 2. The van der Waals surface area contributed by atoms with Crippen molar-refractivity contribution in [1.29, 1.82) is 0 Å². The lowest BCUT2D eigenvalue weighted by Crippen LogP contribution is -3.15. The zero-order chi connectivity index (χ0) is 21.7. The molecule has 0 saturated carbocycles. The van der Waals surface area contributed by atoms with Gasteiger partial charge in [0.15, 0.2) is 12.6 Å². The third kappa shape index (κ3) is 5.60. The van der Waals surface area contributed by atoms with Gasteiger partial charge in [-0.1, -0.05) is 30.3 Å². The number of nitrogens with one attached hydrogen (secondary N) is 2. The number of aryl methyl sites for hydroxylation is 3. The molecular formula is C24H32N3O3+. The normalized spacial score (nSPS) is 15.5. The van der Waals surface area contributed by atoms with Crippen molar-refractivity contribution in [3.8, 4) is 5.75 Å². The van der Waals surface area contributed by atoms with Crippen LogP contribution in [0.5, 0.6) is 5.75 Å². The van der Waals surface area contributed by atoms with Crippen LogP contribution in [0.15, 0.2) is 42.5 Å². The van der Waals surface area contributed by atoms with Gasteiger partial charge < -0.3 is 19.9 Å². The summed E-state index contributed by atoms with van der Waals surface area (Å²) in [6.07, 6.45) is -0.527. The summed E-state index contributed by atoms with van der Waals surface area (Å²) in [4.78, 5) is 28.3. The van der Waals surface area contributed by atoms with E-state index in [0.717, 1.165) is 35.5 Å². The van der Waals surface area contributed by atoms with E-state index in [2.05, 4.69) is 5.32 Å². The molecule has 1 atom stereocenters. The Morgan fingerprint density at radius 3 is 2.33 bits per heavy atom. The molecule has 3 rings (SSSR count). The first kappa shape index (κ1) is 21.8. The molecule has 2 amide bonds. The largest absolute Gasteiger partial charge is 0.481 e. The van der Waals surface area contributed by atoms with E-state index in [1.54, 1.807) is 6.92 Å². The van der Waals surface area contributed by atoms with Gasteiger partial charge in [-0.25, -0.2) is 0 Å². The minimum atomic E-state index is -0.527. The number of hydrogen-bond acceptors (Lipinski definition) is 3. The van der Waals surface area contributed by atoms with Crippen LogP contribution in [0.25, 0.3) is 0 Å². The van der Waals surface area contributed by atoms with Gasteiger partial charge >= 0.3 is 0 Å². The molecule has 0 radical (unpaired) electrons. The van der Waals surface area contributed by atoms with Crippen molar-refractivity contribution in [3.63, 3.8) is 0 Å². The topological polar surface area (TPSA) is 63.1 Å². The molecular weight excluding hydrogens is 378 g/mol. The molecule has 1 aliphatic rings. The summed E-state index contributed by atoms with van der Waals surface area (Å²) < 4.78 is 5.83. The van der Waals surface area contributed by atoms with Gasteiger partial charge in [0, 0.05) is 5.69 Å². The second kappa shape index (κ2) is 9.76. The van der Waals surface area contributed by atoms with Crippen LogP contribution < -0.4 is 15.0 Å². The maximum atomic E-state index is 12.7. The second-order valence-electron chi connectivity index (χ2n) is 8.14. The molecule has 2 N–H and O–H groups in total. The van der Waals surface area contributed by atoms with Crippen molar-refractivity contribution >= 4 is 17.5 Å². The fraction of sp³-hybridized carbons (Fsp3) is 0.417. The third-order valence-electron chi connectivity index (χ3n) is 5.59. The summed E-state index contributed by atoms with van der Waals surface area (Å²) in [5, 5.41) is 3.05. The molecule has 1 saturated heterocycles. The molecule has 1 heterocycles. The Balaban J connectivity index is 1.47. The van der Waals surface area contributed by atoms with Gasteiger partial charge in [0.2, 0.25) is 0 Å². The number of anilines is 1. The van der Waals surface area contributed by atoms with Crippen LogP contribution in [0, 0.1) is 20.8 Å². The maximum absolute atomic E-state index is 12.7. The van der Waals surface area contributed by atoms with Gasteiger partial charge in [0.25, 0.3) is 11.8 Å². The van der Waals surface area contributed by atoms with Gasteiger partial charge in [0.05, 0.1) is 26.2 Å². The molecule has 30 heavy (non-hydrogen) atoms. The highest BCUT2D eigenvalue weighted by molar-refractivity contribution is 5.93. The Hall–Kier alpha value is -2.86. The van der Waals surface area contributed by atoms with Gasteiger partial charge in [-0.2, -0.15) is 0 Å². The Labute approximate surface area is 178 Å². The molecule has 1 fully saturated rings.